The van der Waals surface area contributed by atoms with E-state index in [4.69, 9.17) is 0 Å². The third kappa shape index (κ3) is 2.81. The second kappa shape index (κ2) is 6.44. The largest absolute Gasteiger partial charge is 0.345 e. The predicted molar refractivity (Wildman–Crippen MR) is 70.1 cm³/mol. The van der Waals surface area contributed by atoms with Crippen molar-refractivity contribution in [1.82, 2.24) is 4.57 Å². The van der Waals surface area contributed by atoms with Gasteiger partial charge in [-0.1, -0.05) is 54.4 Å². The molecule has 2 aromatic rings. The van der Waals surface area contributed by atoms with Gasteiger partial charge in [-0.05, 0) is 6.42 Å². The third-order valence-electron chi connectivity index (χ3n) is 3.06. The number of nitrogens with zero attached hydrogens (tertiary/aromatic N) is 1. The van der Waals surface area contributed by atoms with Crippen molar-refractivity contribution in [2.45, 2.75) is 20.3 Å². The molecule has 1 heterocycles. The zero-order valence-corrected chi connectivity index (χ0v) is 13.9. The standard InChI is InChI=1S/C15H16NO.Y/c1-4-12-7-5-6-8-13(12)14-10-9-11(2)15(17)16(14)3;/h5-9H,4H2,1-3H3;/q-1;. The number of hydrogen-bond donors (Lipinski definition) is 0. The van der Waals surface area contributed by atoms with Crippen molar-refractivity contribution < 1.29 is 32.7 Å². The number of benzene rings is 1. The summed E-state index contributed by atoms with van der Waals surface area (Å²) in [6, 6.07) is 13.1. The summed E-state index contributed by atoms with van der Waals surface area (Å²) < 4.78 is 1.67. The van der Waals surface area contributed by atoms with Gasteiger partial charge in [0, 0.05) is 39.8 Å². The molecule has 0 aliphatic carbocycles. The van der Waals surface area contributed by atoms with Crippen LogP contribution in [0.2, 0.25) is 0 Å². The molecule has 0 saturated heterocycles. The first-order valence-electron chi connectivity index (χ1n) is 5.81. The molecule has 2 nitrogen and oxygen atoms in total. The van der Waals surface area contributed by atoms with Crippen LogP contribution in [-0.2, 0) is 46.2 Å². The SMILES string of the molecule is CCc1ccccc1-c1[c-]cc(C)c(=O)n1C.[Y]. The van der Waals surface area contributed by atoms with Crippen LogP contribution in [0.5, 0.6) is 0 Å². The Morgan fingerprint density at radius 2 is 1.94 bits per heavy atom. The molecule has 0 aliphatic rings. The maximum absolute atomic E-state index is 11.9. The fourth-order valence-corrected chi connectivity index (χ4v) is 2.02. The predicted octanol–water partition coefficient (Wildman–Crippen LogP) is 2.72. The topological polar surface area (TPSA) is 22.0 Å². The minimum Gasteiger partial charge on any atom is -0.345 e. The molecule has 0 aliphatic heterocycles. The smallest absolute Gasteiger partial charge is 0.197 e. The summed E-state index contributed by atoms with van der Waals surface area (Å²) >= 11 is 0. The Hall–Kier alpha value is -0.726. The van der Waals surface area contributed by atoms with E-state index >= 15 is 0 Å². The molecule has 0 N–H and O–H groups in total. The third-order valence-corrected chi connectivity index (χ3v) is 3.06. The molecular weight excluding hydrogens is 299 g/mol. The van der Waals surface area contributed by atoms with Gasteiger partial charge in [-0.2, -0.15) is 12.1 Å². The number of hydrogen-bond acceptors (Lipinski definition) is 1. The van der Waals surface area contributed by atoms with Crippen molar-refractivity contribution in [2.75, 3.05) is 0 Å². The van der Waals surface area contributed by atoms with Crippen LogP contribution in [0.3, 0.4) is 0 Å². The maximum Gasteiger partial charge on any atom is 0.197 e. The van der Waals surface area contributed by atoms with Gasteiger partial charge in [-0.25, -0.2) is 0 Å². The van der Waals surface area contributed by atoms with Crippen molar-refractivity contribution >= 4 is 0 Å². The summed E-state index contributed by atoms with van der Waals surface area (Å²) in [4.78, 5) is 11.9. The Labute approximate surface area is 133 Å². The van der Waals surface area contributed by atoms with Crippen molar-refractivity contribution in [1.29, 1.82) is 0 Å². The first-order valence-corrected chi connectivity index (χ1v) is 5.81. The van der Waals surface area contributed by atoms with E-state index in [0.717, 1.165) is 23.2 Å². The van der Waals surface area contributed by atoms with Crippen LogP contribution in [0.1, 0.15) is 18.1 Å². The van der Waals surface area contributed by atoms with Crippen LogP contribution < -0.4 is 5.56 Å². The van der Waals surface area contributed by atoms with Gasteiger partial charge in [0.2, 0.25) is 0 Å². The van der Waals surface area contributed by atoms with Gasteiger partial charge in [-0.3, -0.25) is 4.79 Å². The summed E-state index contributed by atoms with van der Waals surface area (Å²) in [5, 5.41) is 0. The van der Waals surface area contributed by atoms with Crippen LogP contribution in [0.25, 0.3) is 11.3 Å². The molecular formula is C15H16NOY-. The Kier molecular flexibility index (Phi) is 5.49. The van der Waals surface area contributed by atoms with E-state index in [-0.39, 0.29) is 38.3 Å². The fourth-order valence-electron chi connectivity index (χ4n) is 2.02. The molecule has 1 aromatic carbocycles. The Morgan fingerprint density at radius 3 is 2.61 bits per heavy atom. The van der Waals surface area contributed by atoms with Gasteiger partial charge in [0.05, 0.1) is 0 Å². The molecule has 18 heavy (non-hydrogen) atoms. The van der Waals surface area contributed by atoms with Crippen LogP contribution in [0.4, 0.5) is 0 Å². The van der Waals surface area contributed by atoms with Crippen molar-refractivity contribution in [3.05, 3.63) is 57.9 Å². The van der Waals surface area contributed by atoms with Crippen LogP contribution in [-0.4, -0.2) is 4.57 Å². The molecule has 0 fully saturated rings. The molecule has 0 atom stereocenters. The summed E-state index contributed by atoms with van der Waals surface area (Å²) in [6.45, 7) is 3.93. The van der Waals surface area contributed by atoms with E-state index in [1.807, 2.05) is 25.1 Å². The molecule has 1 aromatic heterocycles. The minimum atomic E-state index is 0. The van der Waals surface area contributed by atoms with E-state index in [1.165, 1.54) is 5.56 Å². The Morgan fingerprint density at radius 1 is 1.28 bits per heavy atom. The number of aryl methyl sites for hydroxylation is 2. The second-order valence-corrected chi connectivity index (χ2v) is 4.20. The molecule has 0 saturated carbocycles. The summed E-state index contributed by atoms with van der Waals surface area (Å²) in [6.07, 6.45) is 0.950. The molecule has 0 bridgehead atoms. The number of rotatable bonds is 2. The van der Waals surface area contributed by atoms with Gasteiger partial charge in [0.25, 0.3) is 0 Å². The zero-order chi connectivity index (χ0) is 12.4. The van der Waals surface area contributed by atoms with Crippen LogP contribution >= 0.6 is 0 Å². The fraction of sp³-hybridized carbons (Fsp3) is 0.267. The van der Waals surface area contributed by atoms with Crippen LogP contribution in [0.15, 0.2) is 35.1 Å². The number of aromatic nitrogens is 1. The van der Waals surface area contributed by atoms with Gasteiger partial charge in [-0.15, -0.1) is 6.07 Å². The van der Waals surface area contributed by atoms with Crippen LogP contribution in [0, 0.1) is 13.0 Å². The summed E-state index contributed by atoms with van der Waals surface area (Å²) in [5.74, 6) is 0. The van der Waals surface area contributed by atoms with E-state index in [0.29, 0.717) is 0 Å². The average molecular weight is 315 g/mol. The van der Waals surface area contributed by atoms with E-state index in [2.05, 4.69) is 19.1 Å². The minimum absolute atomic E-state index is 0. The Balaban J connectivity index is 0.00000162. The van der Waals surface area contributed by atoms with Crippen molar-refractivity contribution in [3.8, 4) is 11.3 Å². The van der Waals surface area contributed by atoms with Gasteiger partial charge in [0.15, 0.2) is 5.56 Å². The van der Waals surface area contributed by atoms with E-state index in [9.17, 15) is 4.79 Å². The average Bonchev–Trinajstić information content (AvgIpc) is 2.36. The second-order valence-electron chi connectivity index (χ2n) is 4.20. The molecule has 0 spiro atoms. The Bertz CT molecular complexity index is 602. The quantitative estimate of drug-likeness (QED) is 0.781. The first kappa shape index (κ1) is 15.3. The molecule has 0 amide bonds. The first-order chi connectivity index (χ1) is 8.15. The van der Waals surface area contributed by atoms with Gasteiger partial charge < -0.3 is 4.57 Å². The van der Waals surface area contributed by atoms with Gasteiger partial charge in [0.1, 0.15) is 0 Å². The summed E-state index contributed by atoms with van der Waals surface area (Å²) in [7, 11) is 1.80. The number of pyridine rings is 1. The zero-order valence-electron chi connectivity index (χ0n) is 11.0. The summed E-state index contributed by atoms with van der Waals surface area (Å²) in [5.41, 5.74) is 3.96. The van der Waals surface area contributed by atoms with E-state index < -0.39 is 0 Å². The molecule has 3 heteroatoms. The van der Waals surface area contributed by atoms with E-state index in [1.54, 1.807) is 17.7 Å². The normalized spacial score (nSPS) is 9.94. The molecule has 91 valence electrons. The molecule has 0 unspecified atom stereocenters. The van der Waals surface area contributed by atoms with Crippen molar-refractivity contribution in [2.24, 2.45) is 7.05 Å². The molecule has 2 rings (SSSR count). The molecule has 1 radical (unpaired) electrons. The maximum atomic E-state index is 11.9. The van der Waals surface area contributed by atoms with Crippen molar-refractivity contribution in [3.63, 3.8) is 0 Å². The van der Waals surface area contributed by atoms with Gasteiger partial charge >= 0.3 is 0 Å². The monoisotopic (exact) mass is 315 g/mol.